The summed E-state index contributed by atoms with van der Waals surface area (Å²) in [4.78, 5) is 11.6. The van der Waals surface area contributed by atoms with Crippen molar-refractivity contribution in [1.82, 2.24) is 5.32 Å². The van der Waals surface area contributed by atoms with E-state index >= 15 is 0 Å². The van der Waals surface area contributed by atoms with Crippen LogP contribution >= 0.6 is 0 Å². The summed E-state index contributed by atoms with van der Waals surface area (Å²) in [6.45, 7) is 5.54. The van der Waals surface area contributed by atoms with Crippen LogP contribution in [0.3, 0.4) is 0 Å². The maximum Gasteiger partial charge on any atom is 0.224 e. The second-order valence-electron chi connectivity index (χ2n) is 4.12. The lowest BCUT2D eigenvalue weighted by molar-refractivity contribution is -0.125. The monoisotopic (exact) mass is 234 g/mol. The standard InChI is InChI=1S/C10H22N2O2S/c1-7(5-6-15(4)14)12-10(13)8(2)9(3)11/h7-9H,5-6,11H2,1-4H3,(H,12,13). The molecule has 0 bridgehead atoms. The van der Waals surface area contributed by atoms with Crippen LogP contribution in [0.1, 0.15) is 27.2 Å². The van der Waals surface area contributed by atoms with Gasteiger partial charge in [0.1, 0.15) is 0 Å². The first-order valence-corrected chi connectivity index (χ1v) is 6.93. The molecule has 0 saturated carbocycles. The van der Waals surface area contributed by atoms with Crippen molar-refractivity contribution in [3.63, 3.8) is 0 Å². The zero-order valence-electron chi connectivity index (χ0n) is 9.95. The fraction of sp³-hybridized carbons (Fsp3) is 0.900. The molecule has 0 heterocycles. The van der Waals surface area contributed by atoms with Crippen LogP contribution in [0.4, 0.5) is 0 Å². The summed E-state index contributed by atoms with van der Waals surface area (Å²) in [7, 11) is -0.796. The largest absolute Gasteiger partial charge is 0.353 e. The molecular weight excluding hydrogens is 212 g/mol. The molecule has 0 aromatic carbocycles. The highest BCUT2D eigenvalue weighted by atomic mass is 32.2. The average molecular weight is 234 g/mol. The first kappa shape index (κ1) is 14.6. The van der Waals surface area contributed by atoms with Crippen LogP contribution in [0, 0.1) is 5.92 Å². The van der Waals surface area contributed by atoms with Gasteiger partial charge in [-0.3, -0.25) is 9.00 Å². The van der Waals surface area contributed by atoms with Crippen LogP contribution in [0.25, 0.3) is 0 Å². The van der Waals surface area contributed by atoms with Gasteiger partial charge in [-0.2, -0.15) is 0 Å². The maximum absolute atomic E-state index is 11.6. The third-order valence-electron chi connectivity index (χ3n) is 2.43. The Morgan fingerprint density at radius 2 is 1.93 bits per heavy atom. The van der Waals surface area contributed by atoms with Gasteiger partial charge in [-0.05, 0) is 20.3 Å². The summed E-state index contributed by atoms with van der Waals surface area (Å²) in [6, 6.07) is -0.0832. The average Bonchev–Trinajstić information content (AvgIpc) is 2.13. The fourth-order valence-electron chi connectivity index (χ4n) is 1.03. The van der Waals surface area contributed by atoms with Crippen LogP contribution in [-0.4, -0.2) is 34.2 Å². The first-order valence-electron chi connectivity index (χ1n) is 5.20. The normalized spacial score (nSPS) is 19.0. The van der Waals surface area contributed by atoms with Crippen LogP contribution in [-0.2, 0) is 15.6 Å². The highest BCUT2D eigenvalue weighted by Crippen LogP contribution is 2.01. The number of nitrogens with one attached hydrogen (secondary N) is 1. The lowest BCUT2D eigenvalue weighted by Crippen LogP contribution is -2.42. The van der Waals surface area contributed by atoms with E-state index in [-0.39, 0.29) is 23.9 Å². The zero-order valence-corrected chi connectivity index (χ0v) is 10.8. The Kier molecular flexibility index (Phi) is 6.76. The molecule has 0 aliphatic carbocycles. The molecule has 4 nitrogen and oxygen atoms in total. The van der Waals surface area contributed by atoms with Crippen LogP contribution in [0.15, 0.2) is 0 Å². The van der Waals surface area contributed by atoms with Gasteiger partial charge < -0.3 is 11.1 Å². The predicted molar refractivity (Wildman–Crippen MR) is 64.0 cm³/mol. The number of amides is 1. The van der Waals surface area contributed by atoms with Gasteiger partial charge in [-0.15, -0.1) is 0 Å². The van der Waals surface area contributed by atoms with Crippen molar-refractivity contribution in [1.29, 1.82) is 0 Å². The lowest BCUT2D eigenvalue weighted by Gasteiger charge is -2.19. The van der Waals surface area contributed by atoms with Crippen LogP contribution in [0.2, 0.25) is 0 Å². The molecule has 5 heteroatoms. The number of rotatable bonds is 6. The van der Waals surface area contributed by atoms with Crippen molar-refractivity contribution in [2.45, 2.75) is 39.3 Å². The van der Waals surface area contributed by atoms with E-state index in [2.05, 4.69) is 5.32 Å². The van der Waals surface area contributed by atoms with Crippen molar-refractivity contribution >= 4 is 16.7 Å². The Hall–Kier alpha value is -0.420. The molecule has 0 rings (SSSR count). The van der Waals surface area contributed by atoms with Gasteiger partial charge in [-0.25, -0.2) is 0 Å². The van der Waals surface area contributed by atoms with Gasteiger partial charge >= 0.3 is 0 Å². The summed E-state index contributed by atoms with van der Waals surface area (Å²) in [5, 5.41) is 2.86. The summed E-state index contributed by atoms with van der Waals surface area (Å²) < 4.78 is 10.9. The molecular formula is C10H22N2O2S. The molecule has 0 aliphatic heterocycles. The molecule has 4 atom stereocenters. The van der Waals surface area contributed by atoms with E-state index in [0.29, 0.717) is 5.75 Å². The minimum Gasteiger partial charge on any atom is -0.353 e. The van der Waals surface area contributed by atoms with Crippen LogP contribution in [0.5, 0.6) is 0 Å². The smallest absolute Gasteiger partial charge is 0.224 e. The van der Waals surface area contributed by atoms with E-state index in [1.807, 2.05) is 20.8 Å². The topological polar surface area (TPSA) is 72.2 Å². The van der Waals surface area contributed by atoms with Gasteiger partial charge in [0.05, 0.1) is 0 Å². The van der Waals surface area contributed by atoms with Crippen molar-refractivity contribution < 1.29 is 9.00 Å². The highest BCUT2D eigenvalue weighted by Gasteiger charge is 2.18. The van der Waals surface area contributed by atoms with Crippen molar-refractivity contribution in [3.8, 4) is 0 Å². The van der Waals surface area contributed by atoms with Gasteiger partial charge in [0.15, 0.2) is 0 Å². The molecule has 0 spiro atoms. The second-order valence-corrected chi connectivity index (χ2v) is 5.68. The summed E-state index contributed by atoms with van der Waals surface area (Å²) >= 11 is 0. The van der Waals surface area contributed by atoms with Crippen molar-refractivity contribution in [3.05, 3.63) is 0 Å². The Labute approximate surface area is 94.4 Å². The summed E-state index contributed by atoms with van der Waals surface area (Å²) in [5.74, 6) is 0.410. The Bertz CT molecular complexity index is 231. The van der Waals surface area contributed by atoms with Crippen LogP contribution < -0.4 is 11.1 Å². The Balaban J connectivity index is 3.90. The predicted octanol–water partition coefficient (Wildman–Crippen LogP) is 0.243. The SMILES string of the molecule is CC(CCS(C)=O)NC(=O)C(C)C(C)N. The molecule has 4 unspecified atom stereocenters. The number of carbonyl (C=O) groups excluding carboxylic acids is 1. The van der Waals surface area contributed by atoms with E-state index in [1.165, 1.54) is 0 Å². The first-order chi connectivity index (χ1) is 6.84. The minimum absolute atomic E-state index is 0.0283. The van der Waals surface area contributed by atoms with Gasteiger partial charge in [0.25, 0.3) is 0 Å². The molecule has 1 amide bonds. The quantitative estimate of drug-likeness (QED) is 0.691. The molecule has 0 aromatic heterocycles. The molecule has 0 fully saturated rings. The van der Waals surface area contributed by atoms with Crippen molar-refractivity contribution in [2.24, 2.45) is 11.7 Å². The number of carbonyl (C=O) groups is 1. The molecule has 3 N–H and O–H groups in total. The lowest BCUT2D eigenvalue weighted by atomic mass is 10.0. The number of nitrogens with two attached hydrogens (primary N) is 1. The summed E-state index contributed by atoms with van der Waals surface area (Å²) in [5.41, 5.74) is 5.63. The molecule has 0 aromatic rings. The third kappa shape index (κ3) is 6.62. The maximum atomic E-state index is 11.6. The van der Waals surface area contributed by atoms with Crippen molar-refractivity contribution in [2.75, 3.05) is 12.0 Å². The third-order valence-corrected chi connectivity index (χ3v) is 3.24. The second kappa shape index (κ2) is 6.95. The molecule has 0 saturated heterocycles. The Morgan fingerprint density at radius 1 is 1.40 bits per heavy atom. The number of hydrogen-bond donors (Lipinski definition) is 2. The van der Waals surface area contributed by atoms with E-state index < -0.39 is 10.8 Å². The number of hydrogen-bond acceptors (Lipinski definition) is 3. The minimum atomic E-state index is -0.796. The fourth-order valence-corrected chi connectivity index (χ4v) is 1.71. The highest BCUT2D eigenvalue weighted by molar-refractivity contribution is 7.84. The summed E-state index contributed by atoms with van der Waals surface area (Å²) in [6.07, 6.45) is 2.40. The Morgan fingerprint density at radius 3 is 2.33 bits per heavy atom. The van der Waals surface area contributed by atoms with E-state index in [1.54, 1.807) is 6.26 Å². The van der Waals surface area contributed by atoms with Gasteiger partial charge in [0, 0.05) is 40.8 Å². The van der Waals surface area contributed by atoms with Gasteiger partial charge in [0.2, 0.25) is 5.91 Å². The molecule has 0 aliphatic rings. The molecule has 90 valence electrons. The zero-order chi connectivity index (χ0) is 12.0. The molecule has 0 radical (unpaired) electrons. The van der Waals surface area contributed by atoms with Gasteiger partial charge in [-0.1, -0.05) is 6.92 Å². The van der Waals surface area contributed by atoms with E-state index in [0.717, 1.165) is 6.42 Å². The van der Waals surface area contributed by atoms with E-state index in [4.69, 9.17) is 5.73 Å². The van der Waals surface area contributed by atoms with E-state index in [9.17, 15) is 9.00 Å². The molecule has 15 heavy (non-hydrogen) atoms.